The molecule has 1 heterocycles. The molecule has 0 saturated carbocycles. The van der Waals surface area contributed by atoms with Crippen molar-refractivity contribution in [2.45, 2.75) is 23.8 Å². The van der Waals surface area contributed by atoms with Gasteiger partial charge in [0, 0.05) is 19.3 Å². The predicted molar refractivity (Wildman–Crippen MR) is 122 cm³/mol. The van der Waals surface area contributed by atoms with Crippen molar-refractivity contribution in [2.75, 3.05) is 18.5 Å². The Balaban J connectivity index is 1.66. The maximum atomic E-state index is 13.6. The highest BCUT2D eigenvalue weighted by atomic mass is 32.2. The maximum Gasteiger partial charge on any atom is 0.243 e. The Kier molecular flexibility index (Phi) is 6.20. The van der Waals surface area contributed by atoms with Gasteiger partial charge in [-0.3, -0.25) is 4.79 Å². The van der Waals surface area contributed by atoms with E-state index in [1.54, 1.807) is 42.3 Å². The van der Waals surface area contributed by atoms with Crippen molar-refractivity contribution in [1.82, 2.24) is 4.31 Å². The van der Waals surface area contributed by atoms with Gasteiger partial charge in [-0.25, -0.2) is 8.42 Å². The molecule has 6 heteroatoms. The molecular weight excluding hydrogens is 408 g/mol. The third-order valence-corrected chi connectivity index (χ3v) is 7.78. The zero-order valence-corrected chi connectivity index (χ0v) is 18.3. The van der Waals surface area contributed by atoms with Crippen molar-refractivity contribution < 1.29 is 13.2 Å². The number of para-hydroxylation sites is 1. The van der Waals surface area contributed by atoms with Crippen molar-refractivity contribution in [3.05, 3.63) is 96.6 Å². The quantitative estimate of drug-likeness (QED) is 0.594. The van der Waals surface area contributed by atoms with E-state index in [4.69, 9.17) is 0 Å². The van der Waals surface area contributed by atoms with Crippen LogP contribution in [0.5, 0.6) is 0 Å². The van der Waals surface area contributed by atoms with E-state index in [-0.39, 0.29) is 23.4 Å². The second kappa shape index (κ2) is 9.04. The fourth-order valence-corrected chi connectivity index (χ4v) is 5.90. The third kappa shape index (κ3) is 4.40. The summed E-state index contributed by atoms with van der Waals surface area (Å²) in [5.74, 6) is -0.463. The van der Waals surface area contributed by atoms with Gasteiger partial charge in [0.25, 0.3) is 0 Å². The Labute approximate surface area is 184 Å². The van der Waals surface area contributed by atoms with Gasteiger partial charge in [-0.1, -0.05) is 66.7 Å². The fraction of sp³-hybridized carbons (Fsp3) is 0.240. The van der Waals surface area contributed by atoms with Gasteiger partial charge in [0.15, 0.2) is 0 Å². The molecule has 3 aromatic carbocycles. The first-order valence-electron chi connectivity index (χ1n) is 10.4. The highest BCUT2D eigenvalue weighted by molar-refractivity contribution is 7.89. The number of nitrogens with zero attached hydrogens (tertiary/aromatic N) is 2. The highest BCUT2D eigenvalue weighted by Crippen LogP contribution is 2.38. The summed E-state index contributed by atoms with van der Waals surface area (Å²) >= 11 is 0. The monoisotopic (exact) mass is 434 g/mol. The second-order valence-corrected chi connectivity index (χ2v) is 9.71. The largest absolute Gasteiger partial charge is 0.315 e. The number of rotatable bonds is 5. The molecular formula is C25H26N2O3S. The van der Waals surface area contributed by atoms with Crippen molar-refractivity contribution >= 4 is 21.6 Å². The zero-order valence-electron chi connectivity index (χ0n) is 17.5. The summed E-state index contributed by atoms with van der Waals surface area (Å²) in [6, 6.07) is 27.3. The van der Waals surface area contributed by atoms with Gasteiger partial charge in [0.1, 0.15) is 0 Å². The molecule has 0 aliphatic carbocycles. The van der Waals surface area contributed by atoms with Crippen molar-refractivity contribution in [2.24, 2.45) is 5.92 Å². The molecule has 0 aromatic heterocycles. The summed E-state index contributed by atoms with van der Waals surface area (Å²) in [5, 5.41) is 0. The smallest absolute Gasteiger partial charge is 0.243 e. The average molecular weight is 435 g/mol. The Morgan fingerprint density at radius 1 is 0.839 bits per heavy atom. The summed E-state index contributed by atoms with van der Waals surface area (Å²) in [6.45, 7) is 0.160. The van der Waals surface area contributed by atoms with Crippen LogP contribution in [0.15, 0.2) is 95.9 Å². The van der Waals surface area contributed by atoms with Crippen LogP contribution in [-0.2, 0) is 14.8 Å². The van der Waals surface area contributed by atoms with Crippen molar-refractivity contribution in [3.63, 3.8) is 0 Å². The zero-order chi connectivity index (χ0) is 21.8. The van der Waals surface area contributed by atoms with Gasteiger partial charge in [-0.2, -0.15) is 4.31 Å². The van der Waals surface area contributed by atoms with Crippen LogP contribution in [0.25, 0.3) is 0 Å². The number of benzene rings is 3. The molecule has 1 aliphatic heterocycles. The Hall–Kier alpha value is -2.96. The molecule has 0 N–H and O–H groups in total. The molecule has 1 saturated heterocycles. The Morgan fingerprint density at radius 3 is 2.00 bits per heavy atom. The molecule has 31 heavy (non-hydrogen) atoms. The number of anilines is 1. The summed E-state index contributed by atoms with van der Waals surface area (Å²) in [5.41, 5.74) is 1.75. The minimum atomic E-state index is -3.75. The molecule has 1 fully saturated rings. The minimum Gasteiger partial charge on any atom is -0.315 e. The fourth-order valence-electron chi connectivity index (χ4n) is 4.19. The SMILES string of the molecule is CN(C(=O)C1CCC(c2ccccc2)N(S(=O)(=O)c2ccccc2)C1)c1ccccc1. The lowest BCUT2D eigenvalue weighted by Crippen LogP contribution is -2.47. The lowest BCUT2D eigenvalue weighted by atomic mass is 9.90. The van der Waals surface area contributed by atoms with E-state index in [0.29, 0.717) is 12.8 Å². The normalized spacial score (nSPS) is 19.6. The first kappa shape index (κ1) is 21.3. The summed E-state index contributed by atoms with van der Waals surface area (Å²) in [7, 11) is -2.01. The number of hydrogen-bond donors (Lipinski definition) is 0. The number of sulfonamides is 1. The van der Waals surface area contributed by atoms with Crippen LogP contribution in [0, 0.1) is 5.92 Å². The standard InChI is InChI=1S/C25H26N2O3S/c1-26(22-13-7-3-8-14-22)25(28)21-17-18-24(20-11-5-2-6-12-20)27(19-21)31(29,30)23-15-9-4-10-16-23/h2-16,21,24H,17-19H2,1H3. The molecule has 3 aromatic rings. The number of carbonyl (C=O) groups is 1. The van der Waals surface area contributed by atoms with Crippen LogP contribution >= 0.6 is 0 Å². The van der Waals surface area contributed by atoms with E-state index >= 15 is 0 Å². The molecule has 1 amide bonds. The lowest BCUT2D eigenvalue weighted by Gasteiger charge is -2.39. The summed E-state index contributed by atoms with van der Waals surface area (Å²) < 4.78 is 28.7. The topological polar surface area (TPSA) is 57.7 Å². The third-order valence-electron chi connectivity index (χ3n) is 5.89. The molecule has 4 rings (SSSR count). The second-order valence-electron chi connectivity index (χ2n) is 7.82. The number of hydrogen-bond acceptors (Lipinski definition) is 3. The van der Waals surface area contributed by atoms with Gasteiger partial charge in [0.05, 0.1) is 16.9 Å². The van der Waals surface area contributed by atoms with Crippen LogP contribution in [0.4, 0.5) is 5.69 Å². The van der Waals surface area contributed by atoms with E-state index in [1.165, 1.54) is 4.31 Å². The van der Waals surface area contributed by atoms with Gasteiger partial charge >= 0.3 is 0 Å². The van der Waals surface area contributed by atoms with Gasteiger partial charge in [0.2, 0.25) is 15.9 Å². The van der Waals surface area contributed by atoms with Crippen LogP contribution in [0.2, 0.25) is 0 Å². The van der Waals surface area contributed by atoms with Gasteiger partial charge in [-0.05, 0) is 42.7 Å². The Bertz CT molecular complexity index is 1120. The lowest BCUT2D eigenvalue weighted by molar-refractivity contribution is -0.123. The van der Waals surface area contributed by atoms with E-state index in [1.807, 2.05) is 60.7 Å². The molecule has 160 valence electrons. The Morgan fingerprint density at radius 2 is 1.39 bits per heavy atom. The number of amides is 1. The summed E-state index contributed by atoms with van der Waals surface area (Å²) in [6.07, 6.45) is 1.23. The average Bonchev–Trinajstić information content (AvgIpc) is 2.84. The minimum absolute atomic E-state index is 0.0639. The van der Waals surface area contributed by atoms with Gasteiger partial charge in [-0.15, -0.1) is 0 Å². The van der Waals surface area contributed by atoms with E-state index in [9.17, 15) is 13.2 Å². The maximum absolute atomic E-state index is 13.6. The molecule has 2 unspecified atom stereocenters. The molecule has 1 aliphatic rings. The molecule has 0 bridgehead atoms. The van der Waals surface area contributed by atoms with Crippen LogP contribution < -0.4 is 4.90 Å². The van der Waals surface area contributed by atoms with Crippen molar-refractivity contribution in [3.8, 4) is 0 Å². The molecule has 0 radical (unpaired) electrons. The van der Waals surface area contributed by atoms with Crippen LogP contribution in [-0.4, -0.2) is 32.2 Å². The van der Waals surface area contributed by atoms with Crippen LogP contribution in [0.1, 0.15) is 24.4 Å². The number of piperidine rings is 1. The molecule has 2 atom stereocenters. The van der Waals surface area contributed by atoms with E-state index in [0.717, 1.165) is 11.3 Å². The first-order valence-corrected chi connectivity index (χ1v) is 11.9. The predicted octanol–water partition coefficient (Wildman–Crippen LogP) is 4.49. The van der Waals surface area contributed by atoms with Crippen LogP contribution in [0.3, 0.4) is 0 Å². The molecule has 5 nitrogen and oxygen atoms in total. The van der Waals surface area contributed by atoms with Crippen molar-refractivity contribution in [1.29, 1.82) is 0 Å². The van der Waals surface area contributed by atoms with E-state index in [2.05, 4.69) is 0 Å². The first-order chi connectivity index (χ1) is 15.0. The summed E-state index contributed by atoms with van der Waals surface area (Å²) in [4.78, 5) is 15.1. The van der Waals surface area contributed by atoms with Gasteiger partial charge < -0.3 is 4.90 Å². The van der Waals surface area contributed by atoms with E-state index < -0.39 is 15.9 Å². The molecule has 0 spiro atoms. The highest BCUT2D eigenvalue weighted by Gasteiger charge is 2.40. The number of carbonyl (C=O) groups excluding carboxylic acids is 1.